The van der Waals surface area contributed by atoms with Gasteiger partial charge in [0.2, 0.25) is 0 Å². The second-order valence-electron chi connectivity index (χ2n) is 9.45. The smallest absolute Gasteiger partial charge is 0.00596 e. The highest BCUT2D eigenvalue weighted by Crippen LogP contribution is 2.82. The highest BCUT2D eigenvalue weighted by Gasteiger charge is 2.56. The van der Waals surface area contributed by atoms with E-state index in [4.69, 9.17) is 0 Å². The first-order valence-electron chi connectivity index (χ1n) is 11.5. The minimum absolute atomic E-state index is 0.190. The Morgan fingerprint density at radius 3 is 1.24 bits per heavy atom. The second-order valence-corrected chi connectivity index (χ2v) is 16.5. The zero-order valence-electron chi connectivity index (χ0n) is 18.3. The molecule has 2 saturated heterocycles. The topological polar surface area (TPSA) is 0 Å². The Bertz CT molecular complexity index is 353. The predicted octanol–water partition coefficient (Wildman–Crippen LogP) is 8.95. The van der Waals surface area contributed by atoms with E-state index in [2.05, 4.69) is 41.5 Å². The molecule has 2 heterocycles. The van der Waals surface area contributed by atoms with Crippen molar-refractivity contribution in [3.63, 3.8) is 0 Å². The van der Waals surface area contributed by atoms with E-state index in [1.54, 1.807) is 25.2 Å². The van der Waals surface area contributed by atoms with Gasteiger partial charge in [-0.1, -0.05) is 83.1 Å². The molecule has 0 saturated carbocycles. The second kappa shape index (κ2) is 9.37. The molecule has 2 aliphatic heterocycles. The highest BCUT2D eigenvalue weighted by molar-refractivity contribution is 7.79. The molecule has 148 valence electrons. The molecule has 2 rings (SSSR count). The zero-order valence-corrected chi connectivity index (χ0v) is 20.1. The summed E-state index contributed by atoms with van der Waals surface area (Å²) < 4.78 is 0. The Kier molecular flexibility index (Phi) is 8.30. The van der Waals surface area contributed by atoms with Crippen molar-refractivity contribution < 1.29 is 0 Å². The fraction of sp³-hybridized carbons (Fsp3) is 1.00. The zero-order chi connectivity index (χ0) is 18.6. The minimum Gasteiger partial charge on any atom is -0.0900 e. The summed E-state index contributed by atoms with van der Waals surface area (Å²) in [7, 11) is 0.380. The van der Waals surface area contributed by atoms with E-state index in [-0.39, 0.29) is 15.8 Å². The molecule has 0 aromatic carbocycles. The van der Waals surface area contributed by atoms with Gasteiger partial charge in [-0.05, 0) is 74.0 Å². The van der Waals surface area contributed by atoms with Gasteiger partial charge in [0.15, 0.2) is 0 Å². The van der Waals surface area contributed by atoms with Crippen LogP contribution in [0.5, 0.6) is 0 Å². The maximum absolute atomic E-state index is 2.77. The van der Waals surface area contributed by atoms with E-state index < -0.39 is 0 Å². The van der Waals surface area contributed by atoms with Crippen molar-refractivity contribution in [1.82, 2.24) is 0 Å². The molecule has 0 nitrogen and oxygen atoms in total. The molecule has 0 amide bonds. The molecule has 0 radical (unpaired) electrons. The number of rotatable bonds is 10. The van der Waals surface area contributed by atoms with Gasteiger partial charge in [0.1, 0.15) is 0 Å². The van der Waals surface area contributed by atoms with Crippen LogP contribution in [0.2, 0.25) is 0 Å². The normalized spacial score (nSPS) is 28.6. The monoisotopic (exact) mass is 384 g/mol. The van der Waals surface area contributed by atoms with Crippen molar-refractivity contribution in [1.29, 1.82) is 0 Å². The molecular weight excluding hydrogens is 338 g/mol. The molecule has 0 N–H and O–H groups in total. The summed E-state index contributed by atoms with van der Waals surface area (Å²) in [6.45, 7) is 15.3. The van der Waals surface area contributed by atoms with Crippen molar-refractivity contribution in [2.75, 3.05) is 12.3 Å². The summed E-state index contributed by atoms with van der Waals surface area (Å²) >= 11 is 0. The van der Waals surface area contributed by atoms with Crippen LogP contribution in [0.25, 0.3) is 0 Å². The van der Waals surface area contributed by atoms with Crippen LogP contribution >= 0.6 is 15.8 Å². The van der Waals surface area contributed by atoms with Gasteiger partial charge >= 0.3 is 0 Å². The van der Waals surface area contributed by atoms with Crippen molar-refractivity contribution in [2.24, 2.45) is 0 Å². The number of hydrogen-bond donors (Lipinski definition) is 0. The fourth-order valence-electron chi connectivity index (χ4n) is 6.88. The Labute approximate surface area is 162 Å². The number of hydrogen-bond acceptors (Lipinski definition) is 0. The lowest BCUT2D eigenvalue weighted by atomic mass is 9.93. The molecule has 2 unspecified atom stereocenters. The summed E-state index contributed by atoms with van der Waals surface area (Å²) in [5, 5.41) is 1.49. The lowest BCUT2D eigenvalue weighted by Gasteiger charge is -2.53. The molecule has 0 spiro atoms. The Morgan fingerprint density at radius 1 is 0.640 bits per heavy atom. The Morgan fingerprint density at radius 2 is 0.960 bits per heavy atom. The van der Waals surface area contributed by atoms with E-state index in [0.717, 1.165) is 10.3 Å². The quantitative estimate of drug-likeness (QED) is 0.330. The van der Waals surface area contributed by atoms with Crippen LogP contribution in [0.1, 0.15) is 119 Å². The Hall–Kier alpha value is 0.860. The molecule has 2 fully saturated rings. The van der Waals surface area contributed by atoms with Crippen molar-refractivity contribution in [3.8, 4) is 0 Å². The van der Waals surface area contributed by atoms with Gasteiger partial charge in [0.25, 0.3) is 0 Å². The molecular formula is C23H46P2. The fourth-order valence-corrected chi connectivity index (χ4v) is 18.1. The SMILES string of the molecule is CCCC1(CCC)CCCP1C(C)(C)P1CCCC1(CCC)CCC. The van der Waals surface area contributed by atoms with Crippen LogP contribution in [0, 0.1) is 0 Å². The third kappa shape index (κ3) is 4.32. The molecule has 2 aliphatic rings. The first-order valence-corrected chi connectivity index (χ1v) is 14.5. The maximum atomic E-state index is 2.77. The predicted molar refractivity (Wildman–Crippen MR) is 121 cm³/mol. The van der Waals surface area contributed by atoms with E-state index in [9.17, 15) is 0 Å². The van der Waals surface area contributed by atoms with E-state index in [1.807, 2.05) is 0 Å². The first-order chi connectivity index (χ1) is 11.9. The lowest BCUT2D eigenvalue weighted by molar-refractivity contribution is 0.457. The van der Waals surface area contributed by atoms with Gasteiger partial charge in [0.05, 0.1) is 0 Å². The first kappa shape index (κ1) is 22.2. The molecule has 0 bridgehead atoms. The molecule has 0 aromatic rings. The van der Waals surface area contributed by atoms with Gasteiger partial charge in [-0.25, -0.2) is 0 Å². The van der Waals surface area contributed by atoms with Crippen molar-refractivity contribution >= 4 is 15.8 Å². The molecule has 25 heavy (non-hydrogen) atoms. The molecule has 0 aliphatic carbocycles. The van der Waals surface area contributed by atoms with Crippen LogP contribution < -0.4 is 0 Å². The molecule has 0 aromatic heterocycles. The summed E-state index contributed by atoms with van der Waals surface area (Å²) in [6, 6.07) is 0. The minimum atomic E-state index is 0.190. The molecule has 2 heteroatoms. The van der Waals surface area contributed by atoms with Crippen LogP contribution in [-0.2, 0) is 0 Å². The van der Waals surface area contributed by atoms with Crippen LogP contribution in [-0.4, -0.2) is 27.5 Å². The van der Waals surface area contributed by atoms with Crippen molar-refractivity contribution in [2.45, 2.75) is 134 Å². The van der Waals surface area contributed by atoms with Gasteiger partial charge < -0.3 is 0 Å². The van der Waals surface area contributed by atoms with Crippen molar-refractivity contribution in [3.05, 3.63) is 0 Å². The van der Waals surface area contributed by atoms with Gasteiger partial charge in [0, 0.05) is 4.90 Å². The summed E-state index contributed by atoms with van der Waals surface area (Å²) in [6.07, 6.45) is 21.1. The summed E-state index contributed by atoms with van der Waals surface area (Å²) in [4.78, 5) is 0.659. The summed E-state index contributed by atoms with van der Waals surface area (Å²) in [5.74, 6) is 0. The van der Waals surface area contributed by atoms with Gasteiger partial charge in [-0.3, -0.25) is 0 Å². The van der Waals surface area contributed by atoms with Crippen LogP contribution in [0.3, 0.4) is 0 Å². The standard InChI is InChI=1S/C23H46P2/c1-7-13-22(14-8-2)17-11-19-24(22)21(5,6)25-20-12-18-23(25,15-9-3)16-10-4/h7-20H2,1-6H3. The lowest BCUT2D eigenvalue weighted by Crippen LogP contribution is -2.36. The highest BCUT2D eigenvalue weighted by atomic mass is 31.2. The largest absolute Gasteiger partial charge is 0.0900 e. The maximum Gasteiger partial charge on any atom is 0.00596 e. The van der Waals surface area contributed by atoms with E-state index in [0.29, 0.717) is 4.90 Å². The average Bonchev–Trinajstić information content (AvgIpc) is 3.14. The molecule has 2 atom stereocenters. The van der Waals surface area contributed by atoms with E-state index in [1.165, 1.54) is 64.2 Å². The van der Waals surface area contributed by atoms with Gasteiger partial charge in [-0.15, -0.1) is 0 Å². The Balaban J connectivity index is 2.34. The van der Waals surface area contributed by atoms with Crippen LogP contribution in [0.15, 0.2) is 0 Å². The third-order valence-corrected chi connectivity index (χ3v) is 16.6. The van der Waals surface area contributed by atoms with E-state index >= 15 is 0 Å². The van der Waals surface area contributed by atoms with Crippen LogP contribution in [0.4, 0.5) is 0 Å². The third-order valence-electron chi connectivity index (χ3n) is 7.38. The average molecular weight is 385 g/mol. The van der Waals surface area contributed by atoms with Gasteiger partial charge in [-0.2, -0.15) is 0 Å². The summed E-state index contributed by atoms with van der Waals surface area (Å²) in [5.41, 5.74) is 0.